The molecule has 4 N–H and O–H groups in total. The van der Waals surface area contributed by atoms with E-state index in [1.165, 1.54) is 10.9 Å². The van der Waals surface area contributed by atoms with Gasteiger partial charge in [0.25, 0.3) is 0 Å². The third kappa shape index (κ3) is 6.10. The van der Waals surface area contributed by atoms with Gasteiger partial charge in [0.1, 0.15) is 12.2 Å². The number of fused-ring (bicyclic) bond motifs is 1. The molecule has 1 aliphatic rings. The van der Waals surface area contributed by atoms with Gasteiger partial charge in [0.05, 0.1) is 12.9 Å². The molecule has 0 spiro atoms. The number of aliphatic hydroxyl groups excluding tert-OH is 1. The number of rotatable bonds is 9. The summed E-state index contributed by atoms with van der Waals surface area (Å²) in [5, 5.41) is 10.2. The molecular weight excluding hydrogens is 543 g/mol. The van der Waals surface area contributed by atoms with Crippen molar-refractivity contribution in [3.05, 3.63) is 47.5 Å². The molecule has 3 aromatic rings. The monoisotopic (exact) mass is 565 g/mol. The molecule has 1 fully saturated rings. The zero-order valence-electron chi connectivity index (χ0n) is 18.7. The zero-order chi connectivity index (χ0) is 26.3. The number of ether oxygens (including phenoxy) is 1. The Morgan fingerprint density at radius 1 is 1.22 bits per heavy atom. The maximum absolute atomic E-state index is 15.0. The Kier molecular flexibility index (Phi) is 7.82. The third-order valence-electron chi connectivity index (χ3n) is 5.37. The van der Waals surface area contributed by atoms with Crippen LogP contribution in [0.5, 0.6) is 0 Å². The number of anilines is 1. The molecule has 0 aliphatic carbocycles. The van der Waals surface area contributed by atoms with Gasteiger partial charge < -0.3 is 33.9 Å². The topological polar surface area (TPSA) is 180 Å². The summed E-state index contributed by atoms with van der Waals surface area (Å²) in [5.74, 6) is -1.05. The van der Waals surface area contributed by atoms with Crippen LogP contribution in [-0.4, -0.2) is 77.2 Å². The number of nitrogens with zero attached hydrogens (tertiary/aromatic N) is 5. The Morgan fingerprint density at radius 3 is 2.58 bits per heavy atom. The van der Waals surface area contributed by atoms with E-state index < -0.39 is 52.3 Å². The third-order valence-corrected chi connectivity index (χ3v) is 9.00. The molecule has 0 saturated carbocycles. The van der Waals surface area contributed by atoms with Crippen LogP contribution in [0.15, 0.2) is 36.7 Å². The molecule has 0 amide bonds. The highest BCUT2D eigenvalue weighted by Crippen LogP contribution is 2.55. The van der Waals surface area contributed by atoms with Crippen molar-refractivity contribution in [2.45, 2.75) is 31.2 Å². The van der Waals surface area contributed by atoms with Crippen molar-refractivity contribution in [3.63, 3.8) is 0 Å². The van der Waals surface area contributed by atoms with Gasteiger partial charge in [-0.05, 0) is 17.2 Å². The molecular formula is C19H23ClFN5O8P2. The van der Waals surface area contributed by atoms with Gasteiger partial charge in [0.15, 0.2) is 35.3 Å². The molecule has 0 radical (unpaired) electrons. The van der Waals surface area contributed by atoms with E-state index in [9.17, 15) is 19.1 Å². The largest absolute Gasteiger partial charge is 0.387 e. The number of imidazole rings is 1. The van der Waals surface area contributed by atoms with Gasteiger partial charge in [-0.25, -0.2) is 9.37 Å². The van der Waals surface area contributed by atoms with E-state index in [0.29, 0.717) is 17.9 Å². The fraction of sp³-hybridized carbons (Fsp3) is 0.421. The van der Waals surface area contributed by atoms with Gasteiger partial charge in [0.2, 0.25) is 5.28 Å². The highest BCUT2D eigenvalue weighted by atomic mass is 35.5. The van der Waals surface area contributed by atoms with Crippen molar-refractivity contribution in [1.29, 1.82) is 0 Å². The Hall–Kier alpha value is -1.99. The first kappa shape index (κ1) is 27.1. The second-order valence-corrected chi connectivity index (χ2v) is 12.6. The summed E-state index contributed by atoms with van der Waals surface area (Å²) >= 11 is 6.14. The highest BCUT2D eigenvalue weighted by molar-refractivity contribution is 7.70. The molecule has 0 bridgehead atoms. The number of hydrogen-bond donors (Lipinski definition) is 4. The number of aromatic nitrogens is 4. The van der Waals surface area contributed by atoms with E-state index in [-0.39, 0.29) is 10.9 Å². The molecule has 1 aromatic carbocycles. The Morgan fingerprint density at radius 2 is 1.92 bits per heavy atom. The van der Waals surface area contributed by atoms with E-state index in [2.05, 4.69) is 19.5 Å². The minimum atomic E-state index is -4.85. The summed E-state index contributed by atoms with van der Waals surface area (Å²) in [5.41, 5.74) is 1.42. The smallest absolute Gasteiger partial charge is 0.340 e. The average molecular weight is 566 g/mol. The van der Waals surface area contributed by atoms with Gasteiger partial charge >= 0.3 is 15.2 Å². The molecule has 3 heterocycles. The highest BCUT2D eigenvalue weighted by Gasteiger charge is 2.47. The lowest BCUT2D eigenvalue weighted by Crippen LogP contribution is -2.31. The van der Waals surface area contributed by atoms with Crippen LogP contribution in [0.2, 0.25) is 5.28 Å². The fourth-order valence-corrected chi connectivity index (χ4v) is 6.52. The molecule has 5 atom stereocenters. The van der Waals surface area contributed by atoms with Crippen molar-refractivity contribution >= 4 is 43.8 Å². The van der Waals surface area contributed by atoms with Crippen molar-refractivity contribution in [1.82, 2.24) is 19.5 Å². The average Bonchev–Trinajstić information content (AvgIpc) is 3.31. The van der Waals surface area contributed by atoms with Crippen molar-refractivity contribution < 1.29 is 42.6 Å². The van der Waals surface area contributed by atoms with Crippen LogP contribution in [0.25, 0.3) is 11.2 Å². The molecule has 13 nitrogen and oxygen atoms in total. The summed E-state index contributed by atoms with van der Waals surface area (Å²) in [6, 6.07) is 9.55. The first-order chi connectivity index (χ1) is 16.8. The maximum atomic E-state index is 15.0. The number of alkyl halides is 1. The molecule has 196 valence electrons. The number of benzene rings is 1. The lowest BCUT2D eigenvalue weighted by Gasteiger charge is -2.19. The van der Waals surface area contributed by atoms with E-state index >= 15 is 4.39 Å². The van der Waals surface area contributed by atoms with Gasteiger partial charge in [-0.15, -0.1) is 0 Å². The Balaban J connectivity index is 1.56. The van der Waals surface area contributed by atoms with Crippen LogP contribution in [0, 0.1) is 0 Å². The van der Waals surface area contributed by atoms with Gasteiger partial charge in [0, 0.05) is 13.6 Å². The van der Waals surface area contributed by atoms with E-state index in [1.54, 1.807) is 11.9 Å². The summed E-state index contributed by atoms with van der Waals surface area (Å²) < 4.78 is 49.3. The molecule has 1 saturated heterocycles. The minimum absolute atomic E-state index is 0.126. The SMILES string of the molecule is CN(Cc1ccccc1)c1nc(Cl)nc2c1ncn2[C@@H]1O[C@H](COP(=O)(O)CP(=O)(O)O)[C@@H](O)[C@H]1F. The molecule has 4 rings (SSSR count). The predicted molar refractivity (Wildman–Crippen MR) is 126 cm³/mol. The summed E-state index contributed by atoms with van der Waals surface area (Å²) in [6.07, 6.45) is -5.42. The quantitative estimate of drug-likeness (QED) is 0.219. The Labute approximate surface area is 209 Å². The molecule has 17 heteroatoms. The maximum Gasteiger partial charge on any atom is 0.340 e. The van der Waals surface area contributed by atoms with Crippen LogP contribution in [0.1, 0.15) is 11.8 Å². The van der Waals surface area contributed by atoms with E-state index in [1.807, 2.05) is 30.3 Å². The molecule has 36 heavy (non-hydrogen) atoms. The van der Waals surface area contributed by atoms with Gasteiger partial charge in [-0.2, -0.15) is 9.97 Å². The lowest BCUT2D eigenvalue weighted by atomic mass is 10.1. The Bertz CT molecular complexity index is 1330. The van der Waals surface area contributed by atoms with Gasteiger partial charge in [-0.1, -0.05) is 30.3 Å². The fourth-order valence-electron chi connectivity index (χ4n) is 3.79. The van der Waals surface area contributed by atoms with Crippen molar-refractivity contribution in [2.75, 3.05) is 24.5 Å². The zero-order valence-corrected chi connectivity index (χ0v) is 21.2. The number of hydrogen-bond acceptors (Lipinski definition) is 9. The van der Waals surface area contributed by atoms with Gasteiger partial charge in [-0.3, -0.25) is 13.7 Å². The van der Waals surface area contributed by atoms with E-state index in [4.69, 9.17) is 26.1 Å². The molecule has 1 unspecified atom stereocenters. The van der Waals surface area contributed by atoms with Crippen LogP contribution < -0.4 is 4.90 Å². The lowest BCUT2D eigenvalue weighted by molar-refractivity contribution is -0.0425. The standard InChI is InChI=1S/C19H23ClFN5O8P2/c1-25(7-11-5-3-2-4-6-11)16-14-17(24-19(20)23-16)26(9-22-14)18-13(21)15(27)12(34-18)8-33-36(31,32)10-35(28,29)30/h2-6,9,12-13,15,18,27H,7-8,10H2,1H3,(H,31,32)(H2,28,29,30)/t12-,13-,15-,18-/m1/s1. The molecule has 1 aliphatic heterocycles. The van der Waals surface area contributed by atoms with Crippen molar-refractivity contribution in [3.8, 4) is 0 Å². The second-order valence-electron chi connectivity index (χ2n) is 8.22. The first-order valence-corrected chi connectivity index (χ1v) is 14.4. The normalized spacial score (nSPS) is 24.2. The van der Waals surface area contributed by atoms with E-state index in [0.717, 1.165) is 5.56 Å². The van der Waals surface area contributed by atoms with Crippen LogP contribution in [-0.2, 0) is 24.9 Å². The summed E-state index contributed by atoms with van der Waals surface area (Å²) in [6.45, 7) is -0.324. The van der Waals surface area contributed by atoms with Crippen LogP contribution >= 0.6 is 26.8 Å². The predicted octanol–water partition coefficient (Wildman–Crippen LogP) is 2.05. The summed E-state index contributed by atoms with van der Waals surface area (Å²) in [7, 11) is -7.80. The minimum Gasteiger partial charge on any atom is -0.387 e. The number of aliphatic hydroxyl groups is 1. The van der Waals surface area contributed by atoms with Crippen LogP contribution in [0.4, 0.5) is 10.2 Å². The summed E-state index contributed by atoms with van der Waals surface area (Å²) in [4.78, 5) is 41.9. The molecule has 2 aromatic heterocycles. The second kappa shape index (κ2) is 10.4. The van der Waals surface area contributed by atoms with Crippen LogP contribution in [0.3, 0.4) is 0 Å². The number of halogens is 2. The van der Waals surface area contributed by atoms with Crippen molar-refractivity contribution in [2.24, 2.45) is 0 Å². The first-order valence-electron chi connectivity index (χ1n) is 10.5.